The number of aliphatic hydroxyl groups excluding tert-OH is 1. The Hall–Kier alpha value is -0.860. The first-order valence-electron chi connectivity index (χ1n) is 5.03. The van der Waals surface area contributed by atoms with Gasteiger partial charge in [0.2, 0.25) is 0 Å². The zero-order valence-electron chi connectivity index (χ0n) is 9.77. The van der Waals surface area contributed by atoms with E-state index in [-0.39, 0.29) is 14.0 Å². The quantitative estimate of drug-likeness (QED) is 0.816. The van der Waals surface area contributed by atoms with Crippen molar-refractivity contribution in [2.75, 3.05) is 27.2 Å². The monoisotopic (exact) mass is 213 g/mol. The van der Waals surface area contributed by atoms with Crippen molar-refractivity contribution in [2.45, 2.75) is 21.3 Å². The number of aliphatic hydroxyl groups is 1. The van der Waals surface area contributed by atoms with E-state index >= 15 is 0 Å². The largest absolute Gasteiger partial charge is 0.395 e. The molecule has 0 atom stereocenters. The standard InChI is InChI=1S/C6H6.C4H11NO.C2H6.CH4/c1-2-4-6-5-3-1;1-5(2)3-4-6;1-2;/h1-6H;6H,3-4H2,1-2H3;1-2H3;1H4. The van der Waals surface area contributed by atoms with Gasteiger partial charge in [0.25, 0.3) is 0 Å². The van der Waals surface area contributed by atoms with E-state index in [1.807, 2.05) is 69.2 Å². The molecule has 0 spiro atoms. The lowest BCUT2D eigenvalue weighted by Gasteiger charge is -2.03. The maximum absolute atomic E-state index is 8.20. The molecule has 0 fully saturated rings. The van der Waals surface area contributed by atoms with Crippen molar-refractivity contribution < 1.29 is 5.11 Å². The van der Waals surface area contributed by atoms with E-state index in [2.05, 4.69) is 0 Å². The van der Waals surface area contributed by atoms with Crippen LogP contribution in [0.15, 0.2) is 36.4 Å². The number of rotatable bonds is 2. The van der Waals surface area contributed by atoms with Gasteiger partial charge in [0.1, 0.15) is 0 Å². The van der Waals surface area contributed by atoms with Crippen molar-refractivity contribution >= 4 is 0 Å². The molecule has 0 amide bonds. The van der Waals surface area contributed by atoms with Gasteiger partial charge in [-0.15, -0.1) is 0 Å². The Kier molecular flexibility index (Phi) is 24.7. The predicted octanol–water partition coefficient (Wildman–Crippen LogP) is 2.89. The highest BCUT2D eigenvalue weighted by atomic mass is 16.3. The van der Waals surface area contributed by atoms with Crippen molar-refractivity contribution in [1.82, 2.24) is 4.90 Å². The Morgan fingerprint density at radius 3 is 1.20 bits per heavy atom. The van der Waals surface area contributed by atoms with Gasteiger partial charge in [-0.05, 0) is 14.1 Å². The highest BCUT2D eigenvalue weighted by Crippen LogP contribution is 1.79. The highest BCUT2D eigenvalue weighted by Gasteiger charge is 1.80. The Morgan fingerprint density at radius 1 is 0.867 bits per heavy atom. The molecule has 0 aliphatic rings. The molecule has 0 radical (unpaired) electrons. The molecule has 0 unspecified atom stereocenters. The average Bonchev–Trinajstić information content (AvgIpc) is 2.24. The van der Waals surface area contributed by atoms with Crippen molar-refractivity contribution in [3.63, 3.8) is 0 Å². The minimum Gasteiger partial charge on any atom is -0.395 e. The third kappa shape index (κ3) is 24.6. The highest BCUT2D eigenvalue weighted by molar-refractivity contribution is 4.99. The predicted molar refractivity (Wildman–Crippen MR) is 70.2 cm³/mol. The smallest absolute Gasteiger partial charge is 0.0558 e. The van der Waals surface area contributed by atoms with Crippen molar-refractivity contribution in [3.8, 4) is 0 Å². The van der Waals surface area contributed by atoms with Gasteiger partial charge < -0.3 is 10.0 Å². The Labute approximate surface area is 95.6 Å². The third-order valence-corrected chi connectivity index (χ3v) is 1.21. The SMILES string of the molecule is C.CC.CN(C)CCO.c1ccccc1. The van der Waals surface area contributed by atoms with Gasteiger partial charge in [-0.1, -0.05) is 57.7 Å². The molecule has 0 aromatic heterocycles. The van der Waals surface area contributed by atoms with Crippen molar-refractivity contribution in [1.29, 1.82) is 0 Å². The zero-order valence-corrected chi connectivity index (χ0v) is 9.77. The van der Waals surface area contributed by atoms with Crippen LogP contribution < -0.4 is 0 Å². The minimum atomic E-state index is 0. The maximum Gasteiger partial charge on any atom is 0.0558 e. The number of nitrogens with zero attached hydrogens (tertiary/aromatic N) is 1. The molecule has 1 aromatic carbocycles. The van der Waals surface area contributed by atoms with E-state index < -0.39 is 0 Å². The summed E-state index contributed by atoms with van der Waals surface area (Å²) >= 11 is 0. The van der Waals surface area contributed by atoms with Gasteiger partial charge in [0, 0.05) is 6.54 Å². The summed E-state index contributed by atoms with van der Waals surface area (Å²) < 4.78 is 0. The first-order chi connectivity index (χ1) is 6.77. The molecular weight excluding hydrogens is 186 g/mol. The summed E-state index contributed by atoms with van der Waals surface area (Å²) in [5.74, 6) is 0. The molecule has 0 aliphatic heterocycles. The van der Waals surface area contributed by atoms with Crippen LogP contribution in [0.2, 0.25) is 0 Å². The van der Waals surface area contributed by atoms with Crippen LogP contribution in [0, 0.1) is 0 Å². The number of hydrogen-bond donors (Lipinski definition) is 1. The fraction of sp³-hybridized carbons (Fsp3) is 0.538. The van der Waals surface area contributed by atoms with Gasteiger partial charge in [-0.2, -0.15) is 0 Å². The van der Waals surface area contributed by atoms with E-state index in [9.17, 15) is 0 Å². The zero-order chi connectivity index (χ0) is 11.2. The van der Waals surface area contributed by atoms with Crippen molar-refractivity contribution in [2.24, 2.45) is 0 Å². The first kappa shape index (κ1) is 19.7. The van der Waals surface area contributed by atoms with Crippen LogP contribution in [-0.2, 0) is 0 Å². The fourth-order valence-electron chi connectivity index (χ4n) is 0.585. The van der Waals surface area contributed by atoms with Crippen molar-refractivity contribution in [3.05, 3.63) is 36.4 Å². The van der Waals surface area contributed by atoms with Gasteiger partial charge >= 0.3 is 0 Å². The summed E-state index contributed by atoms with van der Waals surface area (Å²) in [7, 11) is 3.85. The number of likely N-dealkylation sites (N-methyl/N-ethyl adjacent to an activating group) is 1. The Balaban J connectivity index is -0.000000156. The third-order valence-electron chi connectivity index (χ3n) is 1.21. The fourth-order valence-corrected chi connectivity index (χ4v) is 0.585. The normalized spacial score (nSPS) is 7.60. The minimum absolute atomic E-state index is 0. The van der Waals surface area contributed by atoms with E-state index in [0.717, 1.165) is 6.54 Å². The van der Waals surface area contributed by atoms with Gasteiger partial charge in [0.15, 0.2) is 0 Å². The molecule has 0 saturated carbocycles. The second-order valence-corrected chi connectivity index (χ2v) is 2.68. The molecule has 90 valence electrons. The van der Waals surface area contributed by atoms with Crippen LogP contribution in [0.25, 0.3) is 0 Å². The topological polar surface area (TPSA) is 23.5 Å². The lowest BCUT2D eigenvalue weighted by atomic mass is 10.4. The molecule has 15 heavy (non-hydrogen) atoms. The molecule has 0 heterocycles. The van der Waals surface area contributed by atoms with Crippen LogP contribution in [-0.4, -0.2) is 37.3 Å². The maximum atomic E-state index is 8.20. The molecule has 0 aliphatic carbocycles. The summed E-state index contributed by atoms with van der Waals surface area (Å²) in [6, 6.07) is 12.0. The molecular formula is C13H27NO. The Morgan fingerprint density at radius 2 is 1.13 bits per heavy atom. The molecule has 1 N–H and O–H groups in total. The number of benzene rings is 1. The molecule has 2 nitrogen and oxygen atoms in total. The summed E-state index contributed by atoms with van der Waals surface area (Å²) in [4.78, 5) is 1.93. The second-order valence-electron chi connectivity index (χ2n) is 2.68. The van der Waals surface area contributed by atoms with Crippen LogP contribution in [0.1, 0.15) is 21.3 Å². The lowest BCUT2D eigenvalue weighted by Crippen LogP contribution is -2.15. The molecule has 1 aromatic rings. The summed E-state index contributed by atoms with van der Waals surface area (Å²) in [5.41, 5.74) is 0. The first-order valence-corrected chi connectivity index (χ1v) is 5.03. The summed E-state index contributed by atoms with van der Waals surface area (Å²) in [6.45, 7) is 5.02. The molecule has 1 rings (SSSR count). The van der Waals surface area contributed by atoms with Crippen LogP contribution in [0.3, 0.4) is 0 Å². The van der Waals surface area contributed by atoms with Gasteiger partial charge in [-0.3, -0.25) is 0 Å². The second kappa shape index (κ2) is 18.8. The van der Waals surface area contributed by atoms with E-state index in [4.69, 9.17) is 5.11 Å². The van der Waals surface area contributed by atoms with E-state index in [1.165, 1.54) is 0 Å². The van der Waals surface area contributed by atoms with Gasteiger partial charge in [-0.25, -0.2) is 0 Å². The average molecular weight is 213 g/mol. The van der Waals surface area contributed by atoms with E-state index in [0.29, 0.717) is 0 Å². The van der Waals surface area contributed by atoms with Crippen LogP contribution in [0.5, 0.6) is 0 Å². The Bertz CT molecular complexity index is 137. The molecule has 2 heteroatoms. The van der Waals surface area contributed by atoms with Gasteiger partial charge in [0.05, 0.1) is 6.61 Å². The summed E-state index contributed by atoms with van der Waals surface area (Å²) in [5, 5.41) is 8.20. The molecule has 0 bridgehead atoms. The van der Waals surface area contributed by atoms with Crippen LogP contribution in [0.4, 0.5) is 0 Å². The lowest BCUT2D eigenvalue weighted by molar-refractivity contribution is 0.243. The number of hydrogen-bond acceptors (Lipinski definition) is 2. The molecule has 0 saturated heterocycles. The summed E-state index contributed by atoms with van der Waals surface area (Å²) in [6.07, 6.45) is 0. The van der Waals surface area contributed by atoms with E-state index in [1.54, 1.807) is 0 Å². The van der Waals surface area contributed by atoms with Crippen LogP contribution >= 0.6 is 0 Å².